The van der Waals surface area contributed by atoms with Crippen molar-refractivity contribution in [2.24, 2.45) is 0 Å². The Morgan fingerprint density at radius 3 is 1.92 bits per heavy atom. The summed E-state index contributed by atoms with van der Waals surface area (Å²) in [6.45, 7) is 14.0. The van der Waals surface area contributed by atoms with Gasteiger partial charge in [-0.15, -0.1) is 0 Å². The van der Waals surface area contributed by atoms with Crippen LogP contribution in [0.4, 0.5) is 0 Å². The standard InChI is InChI=1S/C14H14O2.C8H10O2/c1-4-11-7-6-8-12(13(11)5-2)9-10(3)14(15)16;1-3-4-5-6-7(2)8(9)10/h4-9H,1-2H2,3H3,(H,15,16);3-6H,1H2,2H3,(H,9,10). The first-order valence-corrected chi connectivity index (χ1v) is 7.77. The van der Waals surface area contributed by atoms with Crippen molar-refractivity contribution < 1.29 is 19.8 Å². The van der Waals surface area contributed by atoms with Crippen molar-refractivity contribution in [2.75, 3.05) is 0 Å². The van der Waals surface area contributed by atoms with Crippen LogP contribution in [0.25, 0.3) is 18.2 Å². The van der Waals surface area contributed by atoms with E-state index in [9.17, 15) is 9.59 Å². The molecule has 0 heterocycles. The summed E-state index contributed by atoms with van der Waals surface area (Å²) < 4.78 is 0. The van der Waals surface area contributed by atoms with Crippen LogP contribution in [0, 0.1) is 0 Å². The number of rotatable bonds is 7. The predicted molar refractivity (Wildman–Crippen MR) is 109 cm³/mol. The fraction of sp³-hybridized carbons (Fsp3) is 0.0909. The lowest BCUT2D eigenvalue weighted by Gasteiger charge is -2.05. The molecule has 0 bridgehead atoms. The van der Waals surface area contributed by atoms with Crippen molar-refractivity contribution in [3.63, 3.8) is 0 Å². The lowest BCUT2D eigenvalue weighted by Crippen LogP contribution is -1.96. The first-order chi connectivity index (χ1) is 12.3. The summed E-state index contributed by atoms with van der Waals surface area (Å²) in [4.78, 5) is 20.9. The van der Waals surface area contributed by atoms with Gasteiger partial charge in [-0.3, -0.25) is 0 Å². The van der Waals surface area contributed by atoms with Gasteiger partial charge in [-0.05, 0) is 36.6 Å². The summed E-state index contributed by atoms with van der Waals surface area (Å²) in [6, 6.07) is 5.64. The third kappa shape index (κ3) is 7.93. The molecule has 0 unspecified atom stereocenters. The number of carbonyl (C=O) groups is 2. The van der Waals surface area contributed by atoms with E-state index < -0.39 is 11.9 Å². The van der Waals surface area contributed by atoms with Gasteiger partial charge < -0.3 is 10.2 Å². The molecule has 0 radical (unpaired) electrons. The zero-order valence-corrected chi connectivity index (χ0v) is 15.1. The minimum Gasteiger partial charge on any atom is -0.478 e. The summed E-state index contributed by atoms with van der Waals surface area (Å²) in [5, 5.41) is 17.2. The van der Waals surface area contributed by atoms with E-state index in [-0.39, 0.29) is 0 Å². The topological polar surface area (TPSA) is 74.6 Å². The Hall–Kier alpha value is -3.40. The van der Waals surface area contributed by atoms with Gasteiger partial charge in [0.25, 0.3) is 0 Å². The van der Waals surface area contributed by atoms with Crippen LogP contribution in [0.15, 0.2) is 73.4 Å². The van der Waals surface area contributed by atoms with E-state index >= 15 is 0 Å². The van der Waals surface area contributed by atoms with E-state index in [2.05, 4.69) is 19.7 Å². The average Bonchev–Trinajstić information content (AvgIpc) is 2.61. The summed E-state index contributed by atoms with van der Waals surface area (Å²) in [6.07, 6.45) is 11.5. The van der Waals surface area contributed by atoms with Crippen molar-refractivity contribution in [3.8, 4) is 0 Å². The number of carboxylic acids is 2. The number of hydrogen-bond donors (Lipinski definition) is 2. The Balaban J connectivity index is 0.000000541. The summed E-state index contributed by atoms with van der Waals surface area (Å²) >= 11 is 0. The maximum atomic E-state index is 10.7. The highest BCUT2D eigenvalue weighted by molar-refractivity contribution is 5.92. The highest BCUT2D eigenvalue weighted by Gasteiger charge is 2.04. The molecule has 0 aliphatic carbocycles. The van der Waals surface area contributed by atoms with Crippen molar-refractivity contribution in [1.82, 2.24) is 0 Å². The van der Waals surface area contributed by atoms with Crippen molar-refractivity contribution >= 4 is 30.2 Å². The lowest BCUT2D eigenvalue weighted by atomic mass is 9.99. The molecule has 26 heavy (non-hydrogen) atoms. The van der Waals surface area contributed by atoms with E-state index in [1.54, 1.807) is 43.4 Å². The van der Waals surface area contributed by atoms with Gasteiger partial charge in [0.2, 0.25) is 0 Å². The van der Waals surface area contributed by atoms with Gasteiger partial charge in [0, 0.05) is 11.1 Å². The molecule has 0 spiro atoms. The third-order valence-electron chi connectivity index (χ3n) is 3.24. The van der Waals surface area contributed by atoms with Gasteiger partial charge in [-0.25, -0.2) is 9.59 Å². The van der Waals surface area contributed by atoms with Crippen LogP contribution >= 0.6 is 0 Å². The second-order valence-electron chi connectivity index (χ2n) is 5.17. The number of aliphatic carboxylic acids is 2. The quantitative estimate of drug-likeness (QED) is 0.521. The minimum absolute atomic E-state index is 0.296. The molecule has 1 aromatic carbocycles. The normalized spacial score (nSPS) is 11.3. The first-order valence-electron chi connectivity index (χ1n) is 7.77. The zero-order valence-electron chi connectivity index (χ0n) is 15.1. The van der Waals surface area contributed by atoms with E-state index in [0.29, 0.717) is 11.1 Å². The summed E-state index contributed by atoms with van der Waals surface area (Å²) in [7, 11) is 0. The second-order valence-corrected chi connectivity index (χ2v) is 5.17. The van der Waals surface area contributed by atoms with Crippen LogP contribution in [-0.2, 0) is 9.59 Å². The fourth-order valence-corrected chi connectivity index (χ4v) is 1.79. The maximum absolute atomic E-state index is 10.7. The molecule has 0 atom stereocenters. The molecule has 1 aromatic rings. The Morgan fingerprint density at radius 1 is 0.885 bits per heavy atom. The largest absolute Gasteiger partial charge is 0.478 e. The fourth-order valence-electron chi connectivity index (χ4n) is 1.79. The van der Waals surface area contributed by atoms with Crippen molar-refractivity contribution in [1.29, 1.82) is 0 Å². The summed E-state index contributed by atoms with van der Waals surface area (Å²) in [5.74, 6) is -1.81. The molecule has 4 heteroatoms. The molecule has 2 N–H and O–H groups in total. The second kappa shape index (κ2) is 12.0. The molecule has 136 valence electrons. The van der Waals surface area contributed by atoms with Crippen LogP contribution in [0.3, 0.4) is 0 Å². The van der Waals surface area contributed by atoms with Crippen LogP contribution < -0.4 is 0 Å². The molecular weight excluding hydrogens is 328 g/mol. The highest BCUT2D eigenvalue weighted by atomic mass is 16.4. The smallest absolute Gasteiger partial charge is 0.331 e. The molecule has 0 saturated carbocycles. The molecule has 0 aliphatic heterocycles. The Bertz CT molecular complexity index is 777. The van der Waals surface area contributed by atoms with Gasteiger partial charge in [-0.2, -0.15) is 0 Å². The number of carboxylic acid groups (broad SMARTS) is 2. The minimum atomic E-state index is -0.918. The Labute approximate surface area is 154 Å². The maximum Gasteiger partial charge on any atom is 0.331 e. The van der Waals surface area contributed by atoms with E-state index in [4.69, 9.17) is 10.2 Å². The van der Waals surface area contributed by atoms with Crippen LogP contribution in [0.5, 0.6) is 0 Å². The number of allylic oxidation sites excluding steroid dienone is 4. The van der Waals surface area contributed by atoms with E-state index in [1.807, 2.05) is 18.2 Å². The molecule has 0 aromatic heterocycles. The Morgan fingerprint density at radius 2 is 1.46 bits per heavy atom. The average molecular weight is 352 g/mol. The van der Waals surface area contributed by atoms with Crippen molar-refractivity contribution in [2.45, 2.75) is 13.8 Å². The highest BCUT2D eigenvalue weighted by Crippen LogP contribution is 2.20. The molecule has 0 amide bonds. The molecular formula is C22H24O4. The molecule has 1 rings (SSSR count). The summed E-state index contributed by atoms with van der Waals surface area (Å²) in [5.41, 5.74) is 3.30. The lowest BCUT2D eigenvalue weighted by molar-refractivity contribution is -0.133. The molecule has 0 fully saturated rings. The van der Waals surface area contributed by atoms with Crippen molar-refractivity contribution in [3.05, 3.63) is 90.1 Å². The molecule has 0 aliphatic rings. The SMILES string of the molecule is C=CC=CC=C(C)C(=O)O.C=Cc1cccc(C=C(C)C(=O)O)c1C=C. The van der Waals surface area contributed by atoms with Gasteiger partial charge in [0.05, 0.1) is 0 Å². The predicted octanol–water partition coefficient (Wildman–Crippen LogP) is 5.22. The number of benzene rings is 1. The zero-order chi connectivity index (χ0) is 20.1. The van der Waals surface area contributed by atoms with Crippen LogP contribution in [-0.4, -0.2) is 22.2 Å². The van der Waals surface area contributed by atoms with Gasteiger partial charge in [0.1, 0.15) is 0 Å². The van der Waals surface area contributed by atoms with Crippen LogP contribution in [0.1, 0.15) is 30.5 Å². The van der Waals surface area contributed by atoms with Crippen LogP contribution in [0.2, 0.25) is 0 Å². The number of hydrogen-bond acceptors (Lipinski definition) is 2. The third-order valence-corrected chi connectivity index (χ3v) is 3.24. The Kier molecular flexibility index (Phi) is 10.5. The van der Waals surface area contributed by atoms with Gasteiger partial charge >= 0.3 is 11.9 Å². The molecule has 4 nitrogen and oxygen atoms in total. The first kappa shape index (κ1) is 22.6. The van der Waals surface area contributed by atoms with E-state index in [1.165, 1.54) is 13.0 Å². The van der Waals surface area contributed by atoms with E-state index in [0.717, 1.165) is 16.7 Å². The monoisotopic (exact) mass is 352 g/mol. The van der Waals surface area contributed by atoms with Gasteiger partial charge in [-0.1, -0.05) is 74.4 Å². The molecule has 0 saturated heterocycles. The van der Waals surface area contributed by atoms with Gasteiger partial charge in [0.15, 0.2) is 0 Å².